The average molecular weight is 335 g/mol. The maximum atomic E-state index is 12.1. The van der Waals surface area contributed by atoms with Gasteiger partial charge in [0.05, 0.1) is 25.7 Å². The minimum atomic E-state index is -0.233. The van der Waals surface area contributed by atoms with Gasteiger partial charge in [-0.1, -0.05) is 37.3 Å². The van der Waals surface area contributed by atoms with Crippen molar-refractivity contribution in [3.63, 3.8) is 0 Å². The van der Waals surface area contributed by atoms with E-state index in [1.54, 1.807) is 13.3 Å². The van der Waals surface area contributed by atoms with Crippen LogP contribution in [-0.4, -0.2) is 24.7 Å². The molecule has 0 saturated heterocycles. The van der Waals surface area contributed by atoms with Crippen LogP contribution in [0.3, 0.4) is 0 Å². The van der Waals surface area contributed by atoms with Crippen LogP contribution in [0, 0.1) is 0 Å². The summed E-state index contributed by atoms with van der Waals surface area (Å²) in [5.74, 6) is 0.543. The topological polar surface area (TPSA) is 48.4 Å². The first kappa shape index (κ1) is 17.0. The molecule has 0 aliphatic heterocycles. The van der Waals surface area contributed by atoms with Gasteiger partial charge in [0.2, 0.25) is 0 Å². The van der Waals surface area contributed by atoms with Gasteiger partial charge in [-0.25, -0.2) is 0 Å². The number of ether oxygens (including phenoxy) is 2. The monoisotopic (exact) mass is 335 g/mol. The van der Waals surface area contributed by atoms with E-state index < -0.39 is 0 Å². The van der Waals surface area contributed by atoms with Crippen LogP contribution in [0.5, 0.6) is 5.75 Å². The van der Waals surface area contributed by atoms with Gasteiger partial charge in [-0.05, 0) is 41.3 Å². The van der Waals surface area contributed by atoms with Crippen LogP contribution in [0.25, 0.3) is 22.0 Å². The van der Waals surface area contributed by atoms with Gasteiger partial charge in [0.15, 0.2) is 0 Å². The molecule has 0 saturated carbocycles. The quantitative estimate of drug-likeness (QED) is 0.626. The van der Waals surface area contributed by atoms with Crippen molar-refractivity contribution in [3.8, 4) is 16.9 Å². The van der Waals surface area contributed by atoms with Crippen LogP contribution in [0.4, 0.5) is 0 Å². The van der Waals surface area contributed by atoms with Gasteiger partial charge in [0.25, 0.3) is 0 Å². The lowest BCUT2D eigenvalue weighted by molar-refractivity contribution is -0.142. The Morgan fingerprint density at radius 2 is 1.96 bits per heavy atom. The van der Waals surface area contributed by atoms with Gasteiger partial charge in [0, 0.05) is 11.6 Å². The van der Waals surface area contributed by atoms with E-state index in [-0.39, 0.29) is 12.4 Å². The van der Waals surface area contributed by atoms with Crippen molar-refractivity contribution >= 4 is 16.9 Å². The third kappa shape index (κ3) is 3.79. The van der Waals surface area contributed by atoms with E-state index in [1.165, 1.54) is 0 Å². The SMILES string of the molecule is CCCOC(=O)Cc1cnc2ccccc2c1-c1cccc(OC)c1. The van der Waals surface area contributed by atoms with Crippen molar-refractivity contribution in [2.45, 2.75) is 19.8 Å². The number of hydrogen-bond donors (Lipinski definition) is 0. The smallest absolute Gasteiger partial charge is 0.310 e. The average Bonchev–Trinajstić information content (AvgIpc) is 2.66. The van der Waals surface area contributed by atoms with Gasteiger partial charge in [-0.15, -0.1) is 0 Å². The van der Waals surface area contributed by atoms with Gasteiger partial charge < -0.3 is 9.47 Å². The van der Waals surface area contributed by atoms with Crippen LogP contribution in [0.1, 0.15) is 18.9 Å². The van der Waals surface area contributed by atoms with E-state index in [0.29, 0.717) is 6.61 Å². The number of pyridine rings is 1. The molecule has 1 aromatic heterocycles. The molecule has 0 fully saturated rings. The summed E-state index contributed by atoms with van der Waals surface area (Å²) < 4.78 is 10.6. The lowest BCUT2D eigenvalue weighted by Crippen LogP contribution is -2.10. The first-order valence-electron chi connectivity index (χ1n) is 8.39. The van der Waals surface area contributed by atoms with Crippen LogP contribution >= 0.6 is 0 Å². The maximum Gasteiger partial charge on any atom is 0.310 e. The molecule has 3 rings (SSSR count). The number of benzene rings is 2. The zero-order valence-corrected chi connectivity index (χ0v) is 14.5. The second kappa shape index (κ2) is 7.79. The second-order valence-electron chi connectivity index (χ2n) is 5.80. The van der Waals surface area contributed by atoms with Crippen molar-refractivity contribution in [2.24, 2.45) is 0 Å². The Bertz CT molecular complexity index is 889. The summed E-state index contributed by atoms with van der Waals surface area (Å²) in [6.07, 6.45) is 2.78. The molecule has 4 nitrogen and oxygen atoms in total. The standard InChI is InChI=1S/C21H21NO3/c1-3-11-25-20(23)13-16-14-22-19-10-5-4-9-18(19)21(16)15-7-6-8-17(12-15)24-2/h4-10,12,14H,3,11,13H2,1-2H3. The molecule has 0 bridgehead atoms. The van der Waals surface area contributed by atoms with Crippen molar-refractivity contribution in [1.29, 1.82) is 0 Å². The van der Waals surface area contributed by atoms with Gasteiger partial charge in [0.1, 0.15) is 5.75 Å². The fraction of sp³-hybridized carbons (Fsp3) is 0.238. The van der Waals surface area contributed by atoms with E-state index in [0.717, 1.165) is 39.8 Å². The Kier molecular flexibility index (Phi) is 5.29. The molecular formula is C21H21NO3. The molecule has 128 valence electrons. The molecule has 2 aromatic carbocycles. The van der Waals surface area contributed by atoms with Gasteiger partial charge >= 0.3 is 5.97 Å². The molecule has 0 amide bonds. The zero-order chi connectivity index (χ0) is 17.6. The van der Waals surface area contributed by atoms with Crippen molar-refractivity contribution in [1.82, 2.24) is 4.98 Å². The lowest BCUT2D eigenvalue weighted by atomic mass is 9.95. The summed E-state index contributed by atoms with van der Waals surface area (Å²) >= 11 is 0. The Hall–Kier alpha value is -2.88. The van der Waals surface area contributed by atoms with Gasteiger partial charge in [-0.2, -0.15) is 0 Å². The Labute approximate surface area is 147 Å². The number of esters is 1. The highest BCUT2D eigenvalue weighted by molar-refractivity contribution is 5.97. The fourth-order valence-corrected chi connectivity index (χ4v) is 2.86. The van der Waals surface area contributed by atoms with Crippen LogP contribution in [0.2, 0.25) is 0 Å². The number of fused-ring (bicyclic) bond motifs is 1. The molecule has 3 aromatic rings. The minimum absolute atomic E-state index is 0.199. The van der Waals surface area contributed by atoms with Crippen LogP contribution in [0.15, 0.2) is 54.7 Å². The van der Waals surface area contributed by atoms with Crippen LogP contribution < -0.4 is 4.74 Å². The molecule has 4 heteroatoms. The Morgan fingerprint density at radius 3 is 2.76 bits per heavy atom. The second-order valence-corrected chi connectivity index (χ2v) is 5.80. The lowest BCUT2D eigenvalue weighted by Gasteiger charge is -2.13. The van der Waals surface area contributed by atoms with E-state index in [4.69, 9.17) is 9.47 Å². The number of aromatic nitrogens is 1. The molecule has 1 heterocycles. The highest BCUT2D eigenvalue weighted by Gasteiger charge is 2.15. The molecule has 0 unspecified atom stereocenters. The number of methoxy groups -OCH3 is 1. The third-order valence-electron chi connectivity index (χ3n) is 4.01. The highest BCUT2D eigenvalue weighted by atomic mass is 16.5. The molecule has 0 atom stereocenters. The molecule has 0 N–H and O–H groups in total. The number of hydrogen-bond acceptors (Lipinski definition) is 4. The number of carbonyl (C=O) groups is 1. The molecule has 0 spiro atoms. The van der Waals surface area contributed by atoms with E-state index in [1.807, 2.05) is 55.5 Å². The highest BCUT2D eigenvalue weighted by Crippen LogP contribution is 2.33. The zero-order valence-electron chi connectivity index (χ0n) is 14.5. The predicted molar refractivity (Wildman–Crippen MR) is 98.7 cm³/mol. The summed E-state index contributed by atoms with van der Waals surface area (Å²) in [5.41, 5.74) is 3.74. The van der Waals surface area contributed by atoms with E-state index >= 15 is 0 Å². The molecular weight excluding hydrogens is 314 g/mol. The molecule has 0 aliphatic carbocycles. The van der Waals surface area contributed by atoms with Crippen molar-refractivity contribution in [3.05, 3.63) is 60.3 Å². The van der Waals surface area contributed by atoms with Crippen LogP contribution in [-0.2, 0) is 16.0 Å². The summed E-state index contributed by atoms with van der Waals surface area (Å²) in [6.45, 7) is 2.42. The maximum absolute atomic E-state index is 12.1. The first-order chi connectivity index (χ1) is 12.2. The number of carbonyl (C=O) groups excluding carboxylic acids is 1. The largest absolute Gasteiger partial charge is 0.497 e. The Morgan fingerprint density at radius 1 is 1.12 bits per heavy atom. The molecule has 0 radical (unpaired) electrons. The summed E-state index contributed by atoms with van der Waals surface area (Å²) in [7, 11) is 1.65. The Balaban J connectivity index is 2.11. The molecule has 0 aliphatic rings. The van der Waals surface area contributed by atoms with E-state index in [2.05, 4.69) is 4.98 Å². The summed E-state index contributed by atoms with van der Waals surface area (Å²) in [6, 6.07) is 15.8. The van der Waals surface area contributed by atoms with E-state index in [9.17, 15) is 4.79 Å². The minimum Gasteiger partial charge on any atom is -0.497 e. The summed E-state index contributed by atoms with van der Waals surface area (Å²) in [4.78, 5) is 16.6. The van der Waals surface area contributed by atoms with Crippen molar-refractivity contribution < 1.29 is 14.3 Å². The van der Waals surface area contributed by atoms with Crippen molar-refractivity contribution in [2.75, 3.05) is 13.7 Å². The fourth-order valence-electron chi connectivity index (χ4n) is 2.86. The number of nitrogens with zero attached hydrogens (tertiary/aromatic N) is 1. The normalized spacial score (nSPS) is 10.6. The van der Waals surface area contributed by atoms with Gasteiger partial charge in [-0.3, -0.25) is 9.78 Å². The number of para-hydroxylation sites is 1. The molecule has 25 heavy (non-hydrogen) atoms. The predicted octanol–water partition coefficient (Wildman–Crippen LogP) is 4.41. The first-order valence-corrected chi connectivity index (χ1v) is 8.39. The summed E-state index contributed by atoms with van der Waals surface area (Å²) in [5, 5.41) is 1.01. The third-order valence-corrected chi connectivity index (χ3v) is 4.01. The number of rotatable bonds is 6.